The minimum atomic E-state index is -4.62. The number of aromatic nitrogens is 3. The van der Waals surface area contributed by atoms with E-state index in [1.54, 1.807) is 24.3 Å². The molecule has 1 aromatic carbocycles. The Morgan fingerprint density at radius 1 is 1.30 bits per heavy atom. The van der Waals surface area contributed by atoms with Gasteiger partial charge in [-0.1, -0.05) is 18.2 Å². The van der Waals surface area contributed by atoms with Crippen molar-refractivity contribution in [3.05, 3.63) is 47.2 Å². The summed E-state index contributed by atoms with van der Waals surface area (Å²) >= 11 is 0. The Morgan fingerprint density at radius 2 is 2.00 bits per heavy atom. The van der Waals surface area contributed by atoms with Crippen molar-refractivity contribution in [2.45, 2.75) is 32.7 Å². The van der Waals surface area contributed by atoms with E-state index < -0.39 is 23.8 Å². The number of carbonyl (C=O) groups is 1. The lowest BCUT2D eigenvalue weighted by atomic mass is 10.1. The van der Waals surface area contributed by atoms with Crippen molar-refractivity contribution in [3.63, 3.8) is 0 Å². The number of alkyl halides is 3. The van der Waals surface area contributed by atoms with Crippen molar-refractivity contribution >= 4 is 16.9 Å². The maximum atomic E-state index is 13.6. The Labute approximate surface area is 170 Å². The second-order valence-corrected chi connectivity index (χ2v) is 6.70. The molecule has 7 nitrogen and oxygen atoms in total. The number of hydrogen-bond acceptors (Lipinski definition) is 5. The third-order valence-electron chi connectivity index (χ3n) is 4.56. The molecule has 0 aliphatic heterocycles. The number of fused-ring (bicyclic) bond motifs is 1. The molecule has 0 spiro atoms. The molecule has 0 bridgehead atoms. The van der Waals surface area contributed by atoms with E-state index in [1.165, 1.54) is 32.7 Å². The van der Waals surface area contributed by atoms with E-state index >= 15 is 0 Å². The molecule has 1 atom stereocenters. The molecule has 0 radical (unpaired) electrons. The van der Waals surface area contributed by atoms with Crippen LogP contribution in [0.15, 0.2) is 30.3 Å². The molecule has 0 saturated heterocycles. The topological polar surface area (TPSA) is 78.3 Å². The minimum Gasteiger partial charge on any atom is -0.496 e. The Kier molecular flexibility index (Phi) is 5.86. The van der Waals surface area contributed by atoms with Crippen LogP contribution in [0, 0.1) is 6.92 Å². The predicted molar refractivity (Wildman–Crippen MR) is 103 cm³/mol. The summed E-state index contributed by atoms with van der Waals surface area (Å²) in [6.07, 6.45) is -5.69. The van der Waals surface area contributed by atoms with Crippen molar-refractivity contribution in [2.24, 2.45) is 7.05 Å². The molecule has 10 heteroatoms. The normalized spacial score (nSPS) is 12.6. The van der Waals surface area contributed by atoms with Gasteiger partial charge in [0.15, 0.2) is 11.8 Å². The van der Waals surface area contributed by atoms with Gasteiger partial charge in [0, 0.05) is 25.2 Å². The fourth-order valence-electron chi connectivity index (χ4n) is 3.12. The van der Waals surface area contributed by atoms with E-state index in [2.05, 4.69) is 15.4 Å². The van der Waals surface area contributed by atoms with Gasteiger partial charge in [0.1, 0.15) is 5.75 Å². The summed E-state index contributed by atoms with van der Waals surface area (Å²) in [7, 11) is 3.02. The quantitative estimate of drug-likeness (QED) is 0.659. The van der Waals surface area contributed by atoms with Crippen molar-refractivity contribution < 1.29 is 27.4 Å². The third-order valence-corrected chi connectivity index (χ3v) is 4.56. The van der Waals surface area contributed by atoms with Crippen LogP contribution in [0.5, 0.6) is 11.6 Å². The number of nitrogens with one attached hydrogen (secondary N) is 1. The zero-order valence-electron chi connectivity index (χ0n) is 16.9. The lowest BCUT2D eigenvalue weighted by Crippen LogP contribution is -2.36. The summed E-state index contributed by atoms with van der Waals surface area (Å²) in [6.45, 7) is 3.09. The second kappa shape index (κ2) is 8.21. The van der Waals surface area contributed by atoms with Gasteiger partial charge in [0.25, 0.3) is 5.91 Å². The summed E-state index contributed by atoms with van der Waals surface area (Å²) in [6, 6.07) is 7.95. The second-order valence-electron chi connectivity index (χ2n) is 6.70. The average Bonchev–Trinajstić information content (AvgIpc) is 2.98. The van der Waals surface area contributed by atoms with Gasteiger partial charge in [-0.3, -0.25) is 9.48 Å². The van der Waals surface area contributed by atoms with Gasteiger partial charge in [-0.2, -0.15) is 23.3 Å². The number of ether oxygens (including phenoxy) is 2. The lowest BCUT2D eigenvalue weighted by Gasteiger charge is -2.16. The Morgan fingerprint density at radius 3 is 2.67 bits per heavy atom. The maximum Gasteiger partial charge on any atom is 0.417 e. The number of rotatable bonds is 6. The fourth-order valence-corrected chi connectivity index (χ4v) is 3.12. The molecule has 1 N–H and O–H groups in total. The van der Waals surface area contributed by atoms with Crippen molar-refractivity contribution in [2.75, 3.05) is 7.11 Å². The SMILES string of the molecule is COc1ccccc1CNC(=O)[C@@H](C)Oc1cc(C(F)(F)F)c2c(C)nn(C)c2n1. The first-order valence-electron chi connectivity index (χ1n) is 9.09. The molecular formula is C20H21F3N4O3. The smallest absolute Gasteiger partial charge is 0.417 e. The molecule has 2 heterocycles. The van der Waals surface area contributed by atoms with Gasteiger partial charge in [-0.25, -0.2) is 0 Å². The van der Waals surface area contributed by atoms with Gasteiger partial charge in [-0.05, 0) is 19.9 Å². The van der Waals surface area contributed by atoms with Crippen LogP contribution < -0.4 is 14.8 Å². The molecule has 0 aliphatic rings. The van der Waals surface area contributed by atoms with Crippen LogP contribution in [0.2, 0.25) is 0 Å². The Bertz CT molecular complexity index is 1080. The van der Waals surface area contributed by atoms with E-state index in [-0.39, 0.29) is 29.2 Å². The maximum absolute atomic E-state index is 13.6. The number of hydrogen-bond donors (Lipinski definition) is 1. The number of benzene rings is 1. The number of nitrogens with zero attached hydrogens (tertiary/aromatic N) is 3. The van der Waals surface area contributed by atoms with Crippen LogP contribution in [-0.2, 0) is 24.6 Å². The number of pyridine rings is 1. The largest absolute Gasteiger partial charge is 0.496 e. The van der Waals surface area contributed by atoms with Crippen molar-refractivity contribution in [3.8, 4) is 11.6 Å². The van der Waals surface area contributed by atoms with E-state index in [0.29, 0.717) is 5.75 Å². The number of methoxy groups -OCH3 is 1. The predicted octanol–water partition coefficient (Wildman–Crippen LogP) is 3.39. The molecule has 0 saturated carbocycles. The summed E-state index contributed by atoms with van der Waals surface area (Å²) in [5, 5.41) is 6.59. The molecule has 2 aromatic heterocycles. The summed E-state index contributed by atoms with van der Waals surface area (Å²) in [5.41, 5.74) is 0.0833. The monoisotopic (exact) mass is 422 g/mol. The molecule has 0 unspecified atom stereocenters. The molecule has 0 aliphatic carbocycles. The average molecular weight is 422 g/mol. The van der Waals surface area contributed by atoms with E-state index in [4.69, 9.17) is 9.47 Å². The highest BCUT2D eigenvalue weighted by atomic mass is 19.4. The number of aryl methyl sites for hydroxylation is 2. The Balaban J connectivity index is 1.80. The van der Waals surface area contributed by atoms with Gasteiger partial charge in [-0.15, -0.1) is 0 Å². The van der Waals surface area contributed by atoms with Crippen LogP contribution in [0.4, 0.5) is 13.2 Å². The van der Waals surface area contributed by atoms with E-state index in [0.717, 1.165) is 11.6 Å². The first kappa shape index (κ1) is 21.4. The summed E-state index contributed by atoms with van der Waals surface area (Å²) in [4.78, 5) is 16.5. The highest BCUT2D eigenvalue weighted by Gasteiger charge is 2.36. The van der Waals surface area contributed by atoms with Crippen LogP contribution in [0.25, 0.3) is 11.0 Å². The first-order valence-corrected chi connectivity index (χ1v) is 9.09. The molecular weight excluding hydrogens is 401 g/mol. The third kappa shape index (κ3) is 4.32. The van der Waals surface area contributed by atoms with Gasteiger partial charge in [0.2, 0.25) is 5.88 Å². The zero-order chi connectivity index (χ0) is 22.1. The molecule has 3 rings (SSSR count). The molecule has 160 valence electrons. The molecule has 1 amide bonds. The summed E-state index contributed by atoms with van der Waals surface area (Å²) in [5.74, 6) is -0.199. The summed E-state index contributed by atoms with van der Waals surface area (Å²) < 4.78 is 52.6. The number of halogens is 3. The van der Waals surface area contributed by atoms with Crippen LogP contribution >= 0.6 is 0 Å². The highest BCUT2D eigenvalue weighted by molar-refractivity contribution is 5.84. The number of para-hydroxylation sites is 1. The highest BCUT2D eigenvalue weighted by Crippen LogP contribution is 2.37. The minimum absolute atomic E-state index is 0.0268. The van der Waals surface area contributed by atoms with Crippen LogP contribution in [0.3, 0.4) is 0 Å². The molecule has 30 heavy (non-hydrogen) atoms. The molecule has 3 aromatic rings. The molecule has 0 fully saturated rings. The van der Waals surface area contributed by atoms with Crippen LogP contribution in [-0.4, -0.2) is 33.9 Å². The fraction of sp³-hybridized carbons (Fsp3) is 0.350. The standard InChI is InChI=1S/C20H21F3N4O3/c1-11-17-14(20(21,22)23)9-16(25-18(17)27(3)26-11)30-12(2)19(28)24-10-13-7-5-6-8-15(13)29-4/h5-9,12H,10H2,1-4H3,(H,24,28)/t12-/m1/s1. The zero-order valence-corrected chi connectivity index (χ0v) is 16.9. The van der Waals surface area contributed by atoms with E-state index in [1.807, 2.05) is 0 Å². The van der Waals surface area contributed by atoms with Gasteiger partial charge < -0.3 is 14.8 Å². The lowest BCUT2D eigenvalue weighted by molar-refractivity contribution is -0.136. The van der Waals surface area contributed by atoms with Gasteiger partial charge >= 0.3 is 6.18 Å². The number of carbonyl (C=O) groups excluding carboxylic acids is 1. The van der Waals surface area contributed by atoms with E-state index in [9.17, 15) is 18.0 Å². The van der Waals surface area contributed by atoms with Crippen LogP contribution in [0.1, 0.15) is 23.7 Å². The first-order chi connectivity index (χ1) is 14.1. The number of amides is 1. The van der Waals surface area contributed by atoms with Crippen molar-refractivity contribution in [1.29, 1.82) is 0 Å². The van der Waals surface area contributed by atoms with Gasteiger partial charge in [0.05, 0.1) is 23.8 Å². The van der Waals surface area contributed by atoms with Crippen molar-refractivity contribution in [1.82, 2.24) is 20.1 Å². The Hall–Kier alpha value is -3.30.